The molecule has 1 N–H and O–H groups in total. The van der Waals surface area contributed by atoms with E-state index in [1.54, 1.807) is 0 Å². The number of aromatic nitrogens is 2. The van der Waals surface area contributed by atoms with Crippen LogP contribution in [0.15, 0.2) is 6.20 Å². The zero-order chi connectivity index (χ0) is 12.4. The molecule has 4 nitrogen and oxygen atoms in total. The van der Waals surface area contributed by atoms with Crippen LogP contribution in [0, 0.1) is 6.92 Å². The van der Waals surface area contributed by atoms with Crippen molar-refractivity contribution in [2.24, 2.45) is 0 Å². The highest BCUT2D eigenvalue weighted by molar-refractivity contribution is 5.23. The van der Waals surface area contributed by atoms with Crippen LogP contribution in [0.4, 0.5) is 0 Å². The molecular weight excluding hydrogens is 226 g/mol. The summed E-state index contributed by atoms with van der Waals surface area (Å²) in [5, 5.41) is 8.14. The van der Waals surface area contributed by atoms with Crippen molar-refractivity contribution >= 4 is 0 Å². The fourth-order valence-electron chi connectivity index (χ4n) is 3.25. The highest BCUT2D eigenvalue weighted by Crippen LogP contribution is 2.29. The van der Waals surface area contributed by atoms with Crippen molar-refractivity contribution in [3.05, 3.63) is 17.5 Å². The van der Waals surface area contributed by atoms with Gasteiger partial charge in [0.2, 0.25) is 0 Å². The summed E-state index contributed by atoms with van der Waals surface area (Å²) >= 11 is 0. The molecule has 0 radical (unpaired) electrons. The molecule has 18 heavy (non-hydrogen) atoms. The maximum Gasteiger partial charge on any atom is 0.0566 e. The monoisotopic (exact) mass is 249 g/mol. The van der Waals surface area contributed by atoms with Gasteiger partial charge in [-0.05, 0) is 50.6 Å². The fourth-order valence-corrected chi connectivity index (χ4v) is 3.25. The third kappa shape index (κ3) is 2.31. The van der Waals surface area contributed by atoms with Crippen molar-refractivity contribution in [1.82, 2.24) is 15.1 Å². The third-order valence-corrected chi connectivity index (χ3v) is 4.36. The summed E-state index contributed by atoms with van der Waals surface area (Å²) in [6.07, 6.45) is 6.89. The quantitative estimate of drug-likeness (QED) is 0.871. The number of ether oxygens (including phenoxy) is 1. The average molecular weight is 249 g/mol. The summed E-state index contributed by atoms with van der Waals surface area (Å²) in [6, 6.07) is 0.545. The van der Waals surface area contributed by atoms with Crippen LogP contribution in [0.2, 0.25) is 0 Å². The Labute approximate surface area is 109 Å². The Bertz CT molecular complexity index is 354. The van der Waals surface area contributed by atoms with Crippen LogP contribution >= 0.6 is 0 Å². The number of nitrogens with one attached hydrogen (secondary N) is 1. The van der Waals surface area contributed by atoms with Crippen molar-refractivity contribution in [3.8, 4) is 0 Å². The van der Waals surface area contributed by atoms with Gasteiger partial charge in [-0.2, -0.15) is 5.10 Å². The van der Waals surface area contributed by atoms with Gasteiger partial charge in [-0.1, -0.05) is 0 Å². The van der Waals surface area contributed by atoms with Crippen LogP contribution < -0.4 is 5.32 Å². The predicted molar refractivity (Wildman–Crippen MR) is 70.9 cm³/mol. The molecule has 0 amide bonds. The molecule has 4 heteroatoms. The fraction of sp³-hybridized carbons (Fsp3) is 0.786. The summed E-state index contributed by atoms with van der Waals surface area (Å²) in [7, 11) is 0. The molecule has 0 bridgehead atoms. The standard InChI is InChI=1S/C14H23N3O/c1-11-14(12-3-2-6-15-9-12)10-16-17(11)13-4-7-18-8-5-13/h10,12-13,15H,2-9H2,1H3. The lowest BCUT2D eigenvalue weighted by Gasteiger charge is -2.25. The molecule has 0 saturated carbocycles. The van der Waals surface area contributed by atoms with Crippen LogP contribution in [0.5, 0.6) is 0 Å². The van der Waals surface area contributed by atoms with Gasteiger partial charge in [-0.15, -0.1) is 0 Å². The Balaban J connectivity index is 1.78. The molecule has 1 aromatic heterocycles. The Hall–Kier alpha value is -0.870. The topological polar surface area (TPSA) is 39.1 Å². The first-order valence-electron chi connectivity index (χ1n) is 7.18. The van der Waals surface area contributed by atoms with E-state index in [1.807, 2.05) is 0 Å². The van der Waals surface area contributed by atoms with E-state index in [1.165, 1.54) is 30.6 Å². The van der Waals surface area contributed by atoms with E-state index in [9.17, 15) is 0 Å². The van der Waals surface area contributed by atoms with E-state index in [4.69, 9.17) is 4.74 Å². The number of hydrogen-bond donors (Lipinski definition) is 1. The maximum atomic E-state index is 5.43. The lowest BCUT2D eigenvalue weighted by Crippen LogP contribution is -2.28. The normalized spacial score (nSPS) is 26.4. The molecule has 2 aliphatic heterocycles. The van der Waals surface area contributed by atoms with E-state index < -0.39 is 0 Å². The summed E-state index contributed by atoms with van der Waals surface area (Å²) < 4.78 is 7.68. The van der Waals surface area contributed by atoms with E-state index in [-0.39, 0.29) is 0 Å². The van der Waals surface area contributed by atoms with Gasteiger partial charge in [0, 0.05) is 25.5 Å². The van der Waals surface area contributed by atoms with Gasteiger partial charge in [-0.3, -0.25) is 4.68 Å². The van der Waals surface area contributed by atoms with Crippen molar-refractivity contribution in [1.29, 1.82) is 0 Å². The van der Waals surface area contributed by atoms with Crippen LogP contribution in [-0.2, 0) is 4.74 Å². The SMILES string of the molecule is Cc1c(C2CCCNC2)cnn1C1CCOCC1. The maximum absolute atomic E-state index is 5.43. The molecule has 3 rings (SSSR count). The van der Waals surface area contributed by atoms with Crippen LogP contribution in [0.25, 0.3) is 0 Å². The largest absolute Gasteiger partial charge is 0.381 e. The number of rotatable bonds is 2. The van der Waals surface area contributed by atoms with Crippen LogP contribution in [0.1, 0.15) is 48.9 Å². The third-order valence-electron chi connectivity index (χ3n) is 4.36. The predicted octanol–water partition coefficient (Wildman–Crippen LogP) is 2.01. The van der Waals surface area contributed by atoms with Crippen molar-refractivity contribution in [2.45, 2.75) is 44.6 Å². The first-order chi connectivity index (χ1) is 8.86. The number of piperidine rings is 1. The minimum absolute atomic E-state index is 0.545. The highest BCUT2D eigenvalue weighted by Gasteiger charge is 2.23. The first-order valence-corrected chi connectivity index (χ1v) is 7.18. The second-order valence-electron chi connectivity index (χ2n) is 5.52. The molecule has 0 spiro atoms. The molecule has 1 atom stereocenters. The second-order valence-corrected chi connectivity index (χ2v) is 5.52. The molecule has 3 heterocycles. The Morgan fingerprint density at radius 3 is 2.89 bits per heavy atom. The molecule has 2 aliphatic rings. The lowest BCUT2D eigenvalue weighted by atomic mass is 9.92. The number of hydrogen-bond acceptors (Lipinski definition) is 3. The molecular formula is C14H23N3O. The summed E-state index contributed by atoms with van der Waals surface area (Å²) in [5.74, 6) is 0.660. The number of nitrogens with zero attached hydrogens (tertiary/aromatic N) is 2. The molecule has 2 fully saturated rings. The smallest absolute Gasteiger partial charge is 0.0566 e. The molecule has 0 aliphatic carbocycles. The van der Waals surface area contributed by atoms with Gasteiger partial charge in [0.25, 0.3) is 0 Å². The zero-order valence-corrected chi connectivity index (χ0v) is 11.2. The second kappa shape index (κ2) is 5.41. The minimum atomic E-state index is 0.545. The zero-order valence-electron chi connectivity index (χ0n) is 11.2. The van der Waals surface area contributed by atoms with Crippen molar-refractivity contribution in [2.75, 3.05) is 26.3 Å². The Morgan fingerprint density at radius 2 is 2.17 bits per heavy atom. The van der Waals surface area contributed by atoms with Gasteiger partial charge in [0.15, 0.2) is 0 Å². The Morgan fingerprint density at radius 1 is 1.33 bits per heavy atom. The van der Waals surface area contributed by atoms with Gasteiger partial charge < -0.3 is 10.1 Å². The van der Waals surface area contributed by atoms with Crippen molar-refractivity contribution < 1.29 is 4.74 Å². The highest BCUT2D eigenvalue weighted by atomic mass is 16.5. The van der Waals surface area contributed by atoms with Crippen LogP contribution in [0.3, 0.4) is 0 Å². The van der Waals surface area contributed by atoms with E-state index in [2.05, 4.69) is 28.2 Å². The molecule has 1 aromatic rings. The van der Waals surface area contributed by atoms with Gasteiger partial charge in [-0.25, -0.2) is 0 Å². The molecule has 100 valence electrons. The first kappa shape index (κ1) is 12.2. The lowest BCUT2D eigenvalue weighted by molar-refractivity contribution is 0.0656. The summed E-state index contributed by atoms with van der Waals surface area (Å²) in [5.41, 5.74) is 2.82. The summed E-state index contributed by atoms with van der Waals surface area (Å²) in [6.45, 7) is 6.27. The van der Waals surface area contributed by atoms with E-state index in [0.29, 0.717) is 12.0 Å². The van der Waals surface area contributed by atoms with Gasteiger partial charge in [0.05, 0.1) is 12.2 Å². The molecule has 2 saturated heterocycles. The van der Waals surface area contributed by atoms with Crippen LogP contribution in [-0.4, -0.2) is 36.1 Å². The minimum Gasteiger partial charge on any atom is -0.381 e. The van der Waals surface area contributed by atoms with Gasteiger partial charge in [0.1, 0.15) is 0 Å². The average Bonchev–Trinajstić information content (AvgIpc) is 2.83. The molecule has 0 aromatic carbocycles. The van der Waals surface area contributed by atoms with Gasteiger partial charge >= 0.3 is 0 Å². The van der Waals surface area contributed by atoms with Crippen molar-refractivity contribution in [3.63, 3.8) is 0 Å². The summed E-state index contributed by atoms with van der Waals surface area (Å²) in [4.78, 5) is 0. The molecule has 1 unspecified atom stereocenters. The Kier molecular flexibility index (Phi) is 3.66. The van der Waals surface area contributed by atoms with E-state index >= 15 is 0 Å². The van der Waals surface area contributed by atoms with E-state index in [0.717, 1.165) is 32.6 Å².